The van der Waals surface area contributed by atoms with Gasteiger partial charge in [-0.2, -0.15) is 4.98 Å². The number of rotatable bonds is 3. The van der Waals surface area contributed by atoms with Gasteiger partial charge in [0.2, 0.25) is 11.7 Å². The van der Waals surface area contributed by atoms with Crippen LogP contribution in [0.1, 0.15) is 24.4 Å². The Morgan fingerprint density at radius 1 is 1.50 bits per heavy atom. The molecule has 2 N–H and O–H groups in total. The summed E-state index contributed by atoms with van der Waals surface area (Å²) in [7, 11) is 0. The molecule has 1 aromatic heterocycles. The highest BCUT2D eigenvalue weighted by atomic mass is 16.5. The standard InChI is InChI=1S/C12H13N3O3/c1-7-4-3-5-9(6-7)10-14-11(18-15-10)8(2)13-12(16)17/h3-6,8,13H,1-2H3,(H,16,17)/t8-/m0/s1. The Morgan fingerprint density at radius 3 is 2.94 bits per heavy atom. The van der Waals surface area contributed by atoms with E-state index in [1.54, 1.807) is 6.92 Å². The second kappa shape index (κ2) is 4.87. The zero-order valence-corrected chi connectivity index (χ0v) is 10.0. The molecule has 0 saturated heterocycles. The van der Waals surface area contributed by atoms with Crippen molar-refractivity contribution in [1.29, 1.82) is 0 Å². The summed E-state index contributed by atoms with van der Waals surface area (Å²) < 4.78 is 5.03. The number of nitrogens with zero attached hydrogens (tertiary/aromatic N) is 2. The highest BCUT2D eigenvalue weighted by molar-refractivity contribution is 5.65. The van der Waals surface area contributed by atoms with Crippen LogP contribution < -0.4 is 5.32 Å². The van der Waals surface area contributed by atoms with Crippen molar-refractivity contribution in [3.63, 3.8) is 0 Å². The lowest BCUT2D eigenvalue weighted by Gasteiger charge is -2.04. The van der Waals surface area contributed by atoms with E-state index in [2.05, 4.69) is 15.5 Å². The summed E-state index contributed by atoms with van der Waals surface area (Å²) in [6, 6.07) is 7.15. The van der Waals surface area contributed by atoms with Gasteiger partial charge < -0.3 is 14.9 Å². The van der Waals surface area contributed by atoms with Crippen LogP contribution in [0.25, 0.3) is 11.4 Å². The molecular formula is C12H13N3O3. The van der Waals surface area contributed by atoms with Crippen molar-refractivity contribution >= 4 is 6.09 Å². The molecule has 0 bridgehead atoms. The molecule has 0 spiro atoms. The lowest BCUT2D eigenvalue weighted by molar-refractivity contribution is 0.187. The summed E-state index contributed by atoms with van der Waals surface area (Å²) in [5, 5.41) is 14.7. The van der Waals surface area contributed by atoms with Crippen molar-refractivity contribution in [2.75, 3.05) is 0 Å². The fraction of sp³-hybridized carbons (Fsp3) is 0.250. The number of hydrogen-bond donors (Lipinski definition) is 2. The average Bonchev–Trinajstić information content (AvgIpc) is 2.77. The molecule has 0 fully saturated rings. The van der Waals surface area contributed by atoms with Gasteiger partial charge in [0.25, 0.3) is 0 Å². The number of aryl methyl sites for hydroxylation is 1. The maximum atomic E-state index is 10.5. The molecule has 0 aliphatic heterocycles. The summed E-state index contributed by atoms with van der Waals surface area (Å²) in [5.74, 6) is 0.696. The summed E-state index contributed by atoms with van der Waals surface area (Å²) in [4.78, 5) is 14.7. The van der Waals surface area contributed by atoms with Crippen molar-refractivity contribution in [2.24, 2.45) is 0 Å². The van der Waals surface area contributed by atoms with Gasteiger partial charge in [-0.05, 0) is 19.9 Å². The van der Waals surface area contributed by atoms with Gasteiger partial charge in [-0.1, -0.05) is 28.9 Å². The maximum Gasteiger partial charge on any atom is 0.405 e. The van der Waals surface area contributed by atoms with Crippen molar-refractivity contribution in [3.8, 4) is 11.4 Å². The van der Waals surface area contributed by atoms with Gasteiger partial charge in [-0.3, -0.25) is 0 Å². The highest BCUT2D eigenvalue weighted by Gasteiger charge is 2.16. The predicted octanol–water partition coefficient (Wildman–Crippen LogP) is 2.37. The second-order valence-electron chi connectivity index (χ2n) is 4.00. The molecule has 0 aliphatic rings. The molecule has 1 amide bonds. The van der Waals surface area contributed by atoms with Gasteiger partial charge in [-0.15, -0.1) is 0 Å². The lowest BCUT2D eigenvalue weighted by atomic mass is 10.1. The smallest absolute Gasteiger partial charge is 0.405 e. The van der Waals surface area contributed by atoms with E-state index in [4.69, 9.17) is 9.63 Å². The monoisotopic (exact) mass is 247 g/mol. The first-order valence-corrected chi connectivity index (χ1v) is 5.46. The minimum atomic E-state index is -1.13. The first-order valence-electron chi connectivity index (χ1n) is 5.46. The van der Waals surface area contributed by atoms with Gasteiger partial charge in [0, 0.05) is 5.56 Å². The van der Waals surface area contributed by atoms with Gasteiger partial charge in [0.15, 0.2) is 0 Å². The average molecular weight is 247 g/mol. The topological polar surface area (TPSA) is 88.2 Å². The largest absolute Gasteiger partial charge is 0.465 e. The van der Waals surface area contributed by atoms with Gasteiger partial charge in [0.1, 0.15) is 6.04 Å². The fourth-order valence-corrected chi connectivity index (χ4v) is 1.56. The molecule has 2 rings (SSSR count). The van der Waals surface area contributed by atoms with Gasteiger partial charge >= 0.3 is 6.09 Å². The van der Waals surface area contributed by atoms with E-state index in [-0.39, 0.29) is 5.89 Å². The fourth-order valence-electron chi connectivity index (χ4n) is 1.56. The number of carboxylic acid groups (broad SMARTS) is 1. The Labute approximate surface area is 104 Å². The van der Waals surface area contributed by atoms with E-state index in [1.807, 2.05) is 31.2 Å². The normalized spacial score (nSPS) is 12.1. The van der Waals surface area contributed by atoms with Crippen molar-refractivity contribution in [3.05, 3.63) is 35.7 Å². The Bertz CT molecular complexity index is 565. The maximum absolute atomic E-state index is 10.5. The van der Waals surface area contributed by atoms with E-state index in [0.717, 1.165) is 11.1 Å². The highest BCUT2D eigenvalue weighted by Crippen LogP contribution is 2.19. The molecular weight excluding hydrogens is 234 g/mol. The Kier molecular flexibility index (Phi) is 3.27. The molecule has 1 atom stereocenters. The van der Waals surface area contributed by atoms with Crippen LogP contribution in [-0.4, -0.2) is 21.3 Å². The quantitative estimate of drug-likeness (QED) is 0.869. The Morgan fingerprint density at radius 2 is 2.28 bits per heavy atom. The van der Waals surface area contributed by atoms with Crippen LogP contribution in [0.3, 0.4) is 0 Å². The van der Waals surface area contributed by atoms with Crippen molar-refractivity contribution in [2.45, 2.75) is 19.9 Å². The minimum Gasteiger partial charge on any atom is -0.465 e. The lowest BCUT2D eigenvalue weighted by Crippen LogP contribution is -2.24. The Hall–Kier alpha value is -2.37. The summed E-state index contributed by atoms with van der Waals surface area (Å²) in [6.07, 6.45) is -1.13. The molecule has 6 nitrogen and oxygen atoms in total. The predicted molar refractivity (Wildman–Crippen MR) is 64.0 cm³/mol. The zero-order chi connectivity index (χ0) is 13.1. The van der Waals surface area contributed by atoms with Crippen LogP contribution in [0.4, 0.5) is 4.79 Å². The SMILES string of the molecule is Cc1cccc(-c2noc([C@H](C)NC(=O)O)n2)c1. The van der Waals surface area contributed by atoms with Crippen LogP contribution in [-0.2, 0) is 0 Å². The minimum absolute atomic E-state index is 0.244. The number of carbonyl (C=O) groups is 1. The second-order valence-corrected chi connectivity index (χ2v) is 4.00. The third-order valence-electron chi connectivity index (χ3n) is 2.43. The molecule has 0 saturated carbocycles. The summed E-state index contributed by atoms with van der Waals surface area (Å²) in [6.45, 7) is 3.61. The number of nitrogens with one attached hydrogen (secondary N) is 1. The van der Waals surface area contributed by atoms with Gasteiger partial charge in [0.05, 0.1) is 0 Å². The summed E-state index contributed by atoms with van der Waals surface area (Å²) in [5.41, 5.74) is 1.93. The number of hydrogen-bond acceptors (Lipinski definition) is 4. The number of aromatic nitrogens is 2. The molecule has 6 heteroatoms. The van der Waals surface area contributed by atoms with Crippen LogP contribution in [0, 0.1) is 6.92 Å². The van der Waals surface area contributed by atoms with E-state index in [1.165, 1.54) is 0 Å². The summed E-state index contributed by atoms with van der Waals surface area (Å²) >= 11 is 0. The van der Waals surface area contributed by atoms with E-state index in [9.17, 15) is 4.79 Å². The van der Waals surface area contributed by atoms with Crippen LogP contribution in [0.5, 0.6) is 0 Å². The molecule has 2 aromatic rings. The number of amides is 1. The van der Waals surface area contributed by atoms with Crippen LogP contribution >= 0.6 is 0 Å². The first kappa shape index (κ1) is 12.1. The number of benzene rings is 1. The molecule has 18 heavy (non-hydrogen) atoms. The van der Waals surface area contributed by atoms with Gasteiger partial charge in [-0.25, -0.2) is 4.79 Å². The van der Waals surface area contributed by atoms with Crippen molar-refractivity contribution < 1.29 is 14.4 Å². The third-order valence-corrected chi connectivity index (χ3v) is 2.43. The van der Waals surface area contributed by atoms with Crippen LogP contribution in [0.2, 0.25) is 0 Å². The van der Waals surface area contributed by atoms with Crippen molar-refractivity contribution in [1.82, 2.24) is 15.5 Å². The molecule has 1 aromatic carbocycles. The molecule has 0 aliphatic carbocycles. The van der Waals surface area contributed by atoms with E-state index < -0.39 is 12.1 Å². The first-order chi connectivity index (χ1) is 8.56. The molecule has 0 radical (unpaired) electrons. The Balaban J connectivity index is 2.22. The van der Waals surface area contributed by atoms with Crippen LogP contribution in [0.15, 0.2) is 28.8 Å². The van der Waals surface area contributed by atoms with E-state index in [0.29, 0.717) is 5.82 Å². The third kappa shape index (κ3) is 2.65. The molecule has 1 heterocycles. The molecule has 0 unspecified atom stereocenters. The molecule has 94 valence electrons. The zero-order valence-electron chi connectivity index (χ0n) is 10.0. The van der Waals surface area contributed by atoms with E-state index >= 15 is 0 Å².